The third-order valence-electron chi connectivity index (χ3n) is 9.57. The fourth-order valence-corrected chi connectivity index (χ4v) is 7.14. The Balaban J connectivity index is 1.03. The van der Waals surface area contributed by atoms with E-state index < -0.39 is 0 Å². The minimum atomic E-state index is -0.201. The fourth-order valence-electron chi connectivity index (χ4n) is 7.14. The Morgan fingerprint density at radius 1 is 0.489 bits per heavy atom. The van der Waals surface area contributed by atoms with E-state index in [9.17, 15) is 0 Å². The first kappa shape index (κ1) is 25.7. The molecule has 9 rings (SSSR count). The molecule has 0 N–H and O–H groups in total. The Bertz CT molecular complexity index is 2370. The average Bonchev–Trinajstić information content (AvgIpc) is 3.67. The lowest BCUT2D eigenvalue weighted by Gasteiger charge is -2.28. The smallest absolute Gasteiger partial charge is 0.182 e. The van der Waals surface area contributed by atoms with Gasteiger partial charge in [-0.15, -0.1) is 5.10 Å². The topological polar surface area (TPSA) is 30.2 Å². The number of pyridine rings is 1. The summed E-state index contributed by atoms with van der Waals surface area (Å²) in [4.78, 5) is 4.80. The first-order valence-electron chi connectivity index (χ1n) is 15.4. The quantitative estimate of drug-likeness (QED) is 0.209. The second kappa shape index (κ2) is 9.87. The molecule has 0 saturated heterocycles. The van der Waals surface area contributed by atoms with Crippen molar-refractivity contribution in [2.75, 3.05) is 0 Å². The Morgan fingerprint density at radius 2 is 1.09 bits per heavy atom. The number of fused-ring (bicyclic) bond motifs is 6. The van der Waals surface area contributed by atoms with Gasteiger partial charge in [0.25, 0.3) is 0 Å². The predicted octanol–water partition coefficient (Wildman–Crippen LogP) is 10.2. The number of hydrogen-bond acceptors (Lipinski definition) is 2. The molecular weight excluding hydrogens is 546 g/mol. The molecule has 3 nitrogen and oxygen atoms in total. The minimum Gasteiger partial charge on any atom is -0.213 e. The van der Waals surface area contributed by atoms with E-state index >= 15 is 0 Å². The molecule has 8 aromatic rings. The molecule has 0 bridgehead atoms. The van der Waals surface area contributed by atoms with Crippen LogP contribution in [0.3, 0.4) is 0 Å². The van der Waals surface area contributed by atoms with Crippen molar-refractivity contribution in [3.8, 4) is 44.8 Å². The van der Waals surface area contributed by atoms with Crippen molar-refractivity contribution in [3.05, 3.63) is 174 Å². The van der Waals surface area contributed by atoms with Gasteiger partial charge in [0, 0.05) is 16.4 Å². The molecule has 1 atom stereocenters. The monoisotopic (exact) mass is 575 g/mol. The van der Waals surface area contributed by atoms with Crippen molar-refractivity contribution in [2.24, 2.45) is 0 Å². The molecule has 45 heavy (non-hydrogen) atoms. The van der Waals surface area contributed by atoms with Gasteiger partial charge in [-0.3, -0.25) is 0 Å². The molecule has 212 valence electrons. The maximum absolute atomic E-state index is 4.83. The first-order chi connectivity index (χ1) is 22.2. The summed E-state index contributed by atoms with van der Waals surface area (Å²) in [6.45, 7) is 2.37. The second-order valence-electron chi connectivity index (χ2n) is 12.0. The lowest BCUT2D eigenvalue weighted by molar-refractivity contribution is 0.714. The molecule has 3 heteroatoms. The van der Waals surface area contributed by atoms with Gasteiger partial charge in [-0.05, 0) is 81.3 Å². The molecule has 0 spiro atoms. The van der Waals surface area contributed by atoms with E-state index in [4.69, 9.17) is 10.1 Å². The zero-order valence-corrected chi connectivity index (χ0v) is 24.9. The summed E-state index contributed by atoms with van der Waals surface area (Å²) in [5, 5.41) is 5.98. The highest BCUT2D eigenvalue weighted by Crippen LogP contribution is 2.53. The highest BCUT2D eigenvalue weighted by molar-refractivity contribution is 5.86. The largest absolute Gasteiger partial charge is 0.213 e. The lowest BCUT2D eigenvalue weighted by atomic mass is 9.74. The summed E-state index contributed by atoms with van der Waals surface area (Å²) in [7, 11) is 0. The number of para-hydroxylation sites is 1. The maximum Gasteiger partial charge on any atom is 0.182 e. The van der Waals surface area contributed by atoms with Crippen LogP contribution in [0.25, 0.3) is 61.3 Å². The lowest BCUT2D eigenvalue weighted by Crippen LogP contribution is -2.22. The fraction of sp³-hybridized carbons (Fsp3) is 0.0476. The zero-order chi connectivity index (χ0) is 30.0. The van der Waals surface area contributed by atoms with E-state index in [2.05, 4.69) is 146 Å². The number of nitrogens with zero attached hydrogens (tertiary/aromatic N) is 3. The molecule has 1 unspecified atom stereocenters. The Kier molecular flexibility index (Phi) is 5.63. The van der Waals surface area contributed by atoms with Crippen molar-refractivity contribution >= 4 is 16.6 Å². The maximum atomic E-state index is 4.83. The van der Waals surface area contributed by atoms with E-state index in [0.717, 1.165) is 27.9 Å². The van der Waals surface area contributed by atoms with Crippen LogP contribution >= 0.6 is 0 Å². The van der Waals surface area contributed by atoms with E-state index in [1.54, 1.807) is 0 Å². The summed E-state index contributed by atoms with van der Waals surface area (Å²) in [5.74, 6) is 0.731. The van der Waals surface area contributed by atoms with Crippen LogP contribution in [0.1, 0.15) is 23.6 Å². The van der Waals surface area contributed by atoms with Gasteiger partial charge < -0.3 is 0 Å². The van der Waals surface area contributed by atoms with Crippen LogP contribution in [0.15, 0.2) is 158 Å². The third-order valence-corrected chi connectivity index (χ3v) is 9.57. The molecule has 0 amide bonds. The van der Waals surface area contributed by atoms with Crippen molar-refractivity contribution < 1.29 is 0 Å². The SMILES string of the molecule is CC1(c2ccccc2)c2ccccc2-c2ccc(-c3ccc(-c4ccc(-c5nc6ccc7ccccc7n6n5)cc4)cc3)cc21. The van der Waals surface area contributed by atoms with E-state index in [1.807, 2.05) is 22.7 Å². The van der Waals surface area contributed by atoms with Crippen LogP contribution in [-0.4, -0.2) is 14.6 Å². The molecule has 0 radical (unpaired) electrons. The van der Waals surface area contributed by atoms with Crippen LogP contribution in [0.5, 0.6) is 0 Å². The molecule has 2 aromatic heterocycles. The van der Waals surface area contributed by atoms with Gasteiger partial charge in [0.15, 0.2) is 11.5 Å². The molecule has 0 aliphatic heterocycles. The van der Waals surface area contributed by atoms with Crippen LogP contribution in [0, 0.1) is 0 Å². The Hall–Kier alpha value is -5.80. The van der Waals surface area contributed by atoms with Gasteiger partial charge in [0.2, 0.25) is 0 Å². The van der Waals surface area contributed by atoms with Crippen molar-refractivity contribution in [2.45, 2.75) is 12.3 Å². The van der Waals surface area contributed by atoms with Crippen molar-refractivity contribution in [1.29, 1.82) is 0 Å². The summed E-state index contributed by atoms with van der Waals surface area (Å²) in [5.41, 5.74) is 14.2. The number of aromatic nitrogens is 3. The highest BCUT2D eigenvalue weighted by Gasteiger charge is 2.40. The van der Waals surface area contributed by atoms with E-state index in [0.29, 0.717) is 0 Å². The van der Waals surface area contributed by atoms with Crippen molar-refractivity contribution in [1.82, 2.24) is 14.6 Å². The first-order valence-corrected chi connectivity index (χ1v) is 15.4. The number of hydrogen-bond donors (Lipinski definition) is 0. The van der Waals surface area contributed by atoms with Crippen LogP contribution in [0.2, 0.25) is 0 Å². The second-order valence-corrected chi connectivity index (χ2v) is 12.0. The molecule has 0 fully saturated rings. The summed E-state index contributed by atoms with van der Waals surface area (Å²) < 4.78 is 1.93. The van der Waals surface area contributed by atoms with Gasteiger partial charge in [-0.2, -0.15) is 0 Å². The van der Waals surface area contributed by atoms with Crippen LogP contribution in [-0.2, 0) is 5.41 Å². The minimum absolute atomic E-state index is 0.201. The third kappa shape index (κ3) is 3.98. The molecule has 1 aliphatic carbocycles. The molecule has 2 heterocycles. The van der Waals surface area contributed by atoms with Gasteiger partial charge in [0.05, 0.1) is 5.52 Å². The summed E-state index contributed by atoms with van der Waals surface area (Å²) in [6, 6.07) is 56.6. The molecule has 1 aliphatic rings. The van der Waals surface area contributed by atoms with Gasteiger partial charge in [-0.1, -0.05) is 133 Å². The van der Waals surface area contributed by atoms with E-state index in [-0.39, 0.29) is 5.41 Å². The van der Waals surface area contributed by atoms with Crippen LogP contribution < -0.4 is 0 Å². The standard InChI is InChI=1S/C42H29N3/c1-42(34-10-3-2-4-11-34)37-13-7-6-12-35(37)36-25-23-33(27-38(36)42)30-17-15-28(16-18-30)29-19-21-32(22-20-29)41-43-40-26-24-31-9-5-8-14-39(31)45(40)44-41/h2-27H,1H3. The van der Waals surface area contributed by atoms with E-state index in [1.165, 1.54) is 50.1 Å². The zero-order valence-electron chi connectivity index (χ0n) is 24.9. The van der Waals surface area contributed by atoms with Gasteiger partial charge >= 0.3 is 0 Å². The normalized spacial score (nSPS) is 15.3. The molecule has 6 aromatic carbocycles. The van der Waals surface area contributed by atoms with Gasteiger partial charge in [0.1, 0.15) is 0 Å². The number of rotatable bonds is 4. The Labute approximate surface area is 262 Å². The summed E-state index contributed by atoms with van der Waals surface area (Å²) in [6.07, 6.45) is 0. The molecule has 0 saturated carbocycles. The predicted molar refractivity (Wildman–Crippen MR) is 184 cm³/mol. The van der Waals surface area contributed by atoms with Crippen molar-refractivity contribution in [3.63, 3.8) is 0 Å². The number of benzene rings is 6. The summed E-state index contributed by atoms with van der Waals surface area (Å²) >= 11 is 0. The average molecular weight is 576 g/mol. The van der Waals surface area contributed by atoms with Gasteiger partial charge in [-0.25, -0.2) is 9.50 Å². The Morgan fingerprint density at radius 3 is 1.87 bits per heavy atom. The molecular formula is C42H29N3. The van der Waals surface area contributed by atoms with Crippen LogP contribution in [0.4, 0.5) is 0 Å². The highest BCUT2D eigenvalue weighted by atomic mass is 15.3.